The van der Waals surface area contributed by atoms with E-state index in [-0.39, 0.29) is 17.1 Å². The fourth-order valence-corrected chi connectivity index (χ4v) is 2.03. The molecule has 0 bridgehead atoms. The molecule has 0 saturated carbocycles. The summed E-state index contributed by atoms with van der Waals surface area (Å²) in [6.07, 6.45) is 0. The van der Waals surface area contributed by atoms with E-state index in [1.165, 1.54) is 36.4 Å². The lowest BCUT2D eigenvalue weighted by atomic mass is 10.1. The van der Waals surface area contributed by atoms with Crippen LogP contribution in [0.3, 0.4) is 0 Å². The number of anilines is 1. The Bertz CT molecular complexity index is 840. The van der Waals surface area contributed by atoms with Crippen LogP contribution in [0.25, 0.3) is 0 Å². The number of nitro benzene ring substituents is 1. The lowest BCUT2D eigenvalue weighted by molar-refractivity contribution is -0.384. The SMILES string of the molecule is Cc1cccc([N+](=O)[O-])c1NC(=O)COC(=O)COc1ccccc1F. The fourth-order valence-electron chi connectivity index (χ4n) is 2.03. The fraction of sp³-hybridized carbons (Fsp3) is 0.176. The number of nitrogens with zero attached hydrogens (tertiary/aromatic N) is 1. The summed E-state index contributed by atoms with van der Waals surface area (Å²) in [5.41, 5.74) is 0.246. The highest BCUT2D eigenvalue weighted by Gasteiger charge is 2.18. The molecule has 9 heteroatoms. The van der Waals surface area contributed by atoms with Crippen molar-refractivity contribution in [2.24, 2.45) is 0 Å². The van der Waals surface area contributed by atoms with Gasteiger partial charge in [-0.05, 0) is 24.6 Å². The summed E-state index contributed by atoms with van der Waals surface area (Å²) in [7, 11) is 0. The molecule has 2 rings (SSSR count). The molecule has 2 aromatic rings. The lowest BCUT2D eigenvalue weighted by Gasteiger charge is -2.10. The zero-order valence-electron chi connectivity index (χ0n) is 13.7. The van der Waals surface area contributed by atoms with Gasteiger partial charge in [0.1, 0.15) is 5.69 Å². The summed E-state index contributed by atoms with van der Waals surface area (Å²) in [5.74, 6) is -2.39. The predicted molar refractivity (Wildman–Crippen MR) is 89.3 cm³/mol. The molecule has 0 saturated heterocycles. The number of aryl methyl sites for hydroxylation is 1. The maximum Gasteiger partial charge on any atom is 0.344 e. The van der Waals surface area contributed by atoms with Gasteiger partial charge in [-0.25, -0.2) is 9.18 Å². The van der Waals surface area contributed by atoms with Crippen molar-refractivity contribution in [2.75, 3.05) is 18.5 Å². The molecule has 0 aliphatic heterocycles. The van der Waals surface area contributed by atoms with Crippen molar-refractivity contribution >= 4 is 23.3 Å². The maximum atomic E-state index is 13.3. The van der Waals surface area contributed by atoms with Crippen LogP contribution in [-0.4, -0.2) is 30.0 Å². The first-order valence-corrected chi connectivity index (χ1v) is 7.45. The molecule has 1 N–H and O–H groups in total. The number of ether oxygens (including phenoxy) is 2. The van der Waals surface area contributed by atoms with E-state index in [4.69, 9.17) is 9.47 Å². The van der Waals surface area contributed by atoms with Crippen LogP contribution in [0.2, 0.25) is 0 Å². The van der Waals surface area contributed by atoms with Crippen molar-refractivity contribution < 1.29 is 28.4 Å². The molecule has 0 fully saturated rings. The van der Waals surface area contributed by atoms with Crippen LogP contribution >= 0.6 is 0 Å². The predicted octanol–water partition coefficient (Wildman–Crippen LogP) is 2.60. The van der Waals surface area contributed by atoms with Gasteiger partial charge >= 0.3 is 5.97 Å². The minimum absolute atomic E-state index is 0.0288. The van der Waals surface area contributed by atoms with Gasteiger partial charge < -0.3 is 14.8 Å². The standard InChI is InChI=1S/C17H15FN2O6/c1-11-5-4-7-13(20(23)24)17(11)19-15(21)9-26-16(22)10-25-14-8-3-2-6-12(14)18/h2-8H,9-10H2,1H3,(H,19,21). The molecule has 26 heavy (non-hydrogen) atoms. The summed E-state index contributed by atoms with van der Waals surface area (Å²) in [6, 6.07) is 9.84. The zero-order valence-corrected chi connectivity index (χ0v) is 13.7. The molecule has 0 heterocycles. The van der Waals surface area contributed by atoms with Crippen molar-refractivity contribution in [3.05, 3.63) is 64.0 Å². The minimum atomic E-state index is -0.886. The summed E-state index contributed by atoms with van der Waals surface area (Å²) in [6.45, 7) is 0.348. The zero-order chi connectivity index (χ0) is 19.1. The number of para-hydroxylation sites is 2. The number of rotatable bonds is 7. The number of hydrogen-bond donors (Lipinski definition) is 1. The van der Waals surface area contributed by atoms with E-state index in [1.54, 1.807) is 13.0 Å². The Hall–Kier alpha value is -3.49. The van der Waals surface area contributed by atoms with Crippen molar-refractivity contribution in [3.8, 4) is 5.75 Å². The number of esters is 1. The molecule has 0 unspecified atom stereocenters. The Morgan fingerprint density at radius 1 is 1.15 bits per heavy atom. The Kier molecular flexibility index (Phi) is 6.20. The Balaban J connectivity index is 1.86. The van der Waals surface area contributed by atoms with Crippen LogP contribution in [0.4, 0.5) is 15.8 Å². The molecule has 0 aliphatic carbocycles. The quantitative estimate of drug-likeness (QED) is 0.461. The van der Waals surface area contributed by atoms with E-state index in [0.717, 1.165) is 0 Å². The largest absolute Gasteiger partial charge is 0.479 e. The summed E-state index contributed by atoms with van der Waals surface area (Å²) in [4.78, 5) is 33.8. The number of carbonyl (C=O) groups is 2. The second kappa shape index (κ2) is 8.56. The Morgan fingerprint density at radius 2 is 1.88 bits per heavy atom. The van der Waals surface area contributed by atoms with Gasteiger partial charge in [0.2, 0.25) is 0 Å². The van der Waals surface area contributed by atoms with Crippen LogP contribution < -0.4 is 10.1 Å². The molecule has 0 aliphatic rings. The smallest absolute Gasteiger partial charge is 0.344 e. The van der Waals surface area contributed by atoms with Crippen LogP contribution in [0.15, 0.2) is 42.5 Å². The summed E-state index contributed by atoms with van der Waals surface area (Å²) < 4.78 is 23.0. The number of hydrogen-bond acceptors (Lipinski definition) is 6. The van der Waals surface area contributed by atoms with E-state index in [2.05, 4.69) is 5.32 Å². The summed E-state index contributed by atoms with van der Waals surface area (Å²) >= 11 is 0. The number of carbonyl (C=O) groups excluding carboxylic acids is 2. The highest BCUT2D eigenvalue weighted by atomic mass is 19.1. The average molecular weight is 362 g/mol. The van der Waals surface area contributed by atoms with Crippen molar-refractivity contribution in [1.82, 2.24) is 0 Å². The number of nitrogens with one attached hydrogen (secondary N) is 1. The van der Waals surface area contributed by atoms with E-state index >= 15 is 0 Å². The Morgan fingerprint density at radius 3 is 2.58 bits per heavy atom. The number of benzene rings is 2. The van der Waals surface area contributed by atoms with Crippen LogP contribution in [0.1, 0.15) is 5.56 Å². The number of halogens is 1. The first-order chi connectivity index (χ1) is 12.4. The van der Waals surface area contributed by atoms with Crippen LogP contribution in [0, 0.1) is 22.9 Å². The third-order valence-corrected chi connectivity index (χ3v) is 3.26. The topological polar surface area (TPSA) is 108 Å². The molecule has 2 aromatic carbocycles. The molecule has 1 amide bonds. The van der Waals surface area contributed by atoms with E-state index in [0.29, 0.717) is 5.56 Å². The highest BCUT2D eigenvalue weighted by molar-refractivity contribution is 5.95. The number of amides is 1. The second-order valence-electron chi connectivity index (χ2n) is 5.15. The van der Waals surface area contributed by atoms with Crippen molar-refractivity contribution in [1.29, 1.82) is 0 Å². The molecule has 8 nitrogen and oxygen atoms in total. The molecule has 0 radical (unpaired) electrons. The van der Waals surface area contributed by atoms with E-state index < -0.39 is 35.8 Å². The highest BCUT2D eigenvalue weighted by Crippen LogP contribution is 2.27. The molecule has 136 valence electrons. The molecular formula is C17H15FN2O6. The normalized spacial score (nSPS) is 10.1. The minimum Gasteiger partial charge on any atom is -0.479 e. The monoisotopic (exact) mass is 362 g/mol. The van der Waals surface area contributed by atoms with Gasteiger partial charge in [0.05, 0.1) is 4.92 Å². The molecule has 0 atom stereocenters. The van der Waals surface area contributed by atoms with Crippen molar-refractivity contribution in [2.45, 2.75) is 6.92 Å². The van der Waals surface area contributed by atoms with E-state index in [1.807, 2.05) is 0 Å². The van der Waals surface area contributed by atoms with Gasteiger partial charge in [0.25, 0.3) is 11.6 Å². The summed E-state index contributed by atoms with van der Waals surface area (Å²) in [5, 5.41) is 13.3. The lowest BCUT2D eigenvalue weighted by Crippen LogP contribution is -2.24. The maximum absolute atomic E-state index is 13.3. The second-order valence-corrected chi connectivity index (χ2v) is 5.15. The third kappa shape index (κ3) is 5.00. The Labute approximate surface area is 147 Å². The molecule has 0 aromatic heterocycles. The van der Waals surface area contributed by atoms with Crippen LogP contribution in [0.5, 0.6) is 5.75 Å². The van der Waals surface area contributed by atoms with Gasteiger partial charge in [0.15, 0.2) is 24.8 Å². The van der Waals surface area contributed by atoms with Gasteiger partial charge in [0, 0.05) is 6.07 Å². The van der Waals surface area contributed by atoms with Gasteiger partial charge in [-0.1, -0.05) is 24.3 Å². The van der Waals surface area contributed by atoms with Gasteiger partial charge in [-0.3, -0.25) is 14.9 Å². The number of nitro groups is 1. The molecular weight excluding hydrogens is 347 g/mol. The van der Waals surface area contributed by atoms with Gasteiger partial charge in [-0.2, -0.15) is 0 Å². The third-order valence-electron chi connectivity index (χ3n) is 3.26. The van der Waals surface area contributed by atoms with E-state index in [9.17, 15) is 24.1 Å². The van der Waals surface area contributed by atoms with Crippen molar-refractivity contribution in [3.63, 3.8) is 0 Å². The molecule has 0 spiro atoms. The first kappa shape index (κ1) is 18.8. The van der Waals surface area contributed by atoms with Crippen LogP contribution in [-0.2, 0) is 14.3 Å². The van der Waals surface area contributed by atoms with Gasteiger partial charge in [-0.15, -0.1) is 0 Å². The first-order valence-electron chi connectivity index (χ1n) is 7.45. The average Bonchev–Trinajstić information content (AvgIpc) is 2.60.